The molecule has 0 amide bonds. The van der Waals surface area contributed by atoms with Crippen LogP contribution in [0.1, 0.15) is 47.5 Å². The third-order valence-corrected chi connectivity index (χ3v) is 7.91. The zero-order valence-corrected chi connectivity index (χ0v) is 16.6. The molecule has 0 aliphatic carbocycles. The van der Waals surface area contributed by atoms with Gasteiger partial charge in [-0.05, 0) is 6.42 Å². The van der Waals surface area contributed by atoms with Gasteiger partial charge in [-0.25, -0.2) is 0 Å². The van der Waals surface area contributed by atoms with Crippen LogP contribution in [0.5, 0.6) is 0 Å². The molecular formula is C14H34O6Te. The summed E-state index contributed by atoms with van der Waals surface area (Å²) in [6, 6.07) is 0. The van der Waals surface area contributed by atoms with Gasteiger partial charge in [0.2, 0.25) is 0 Å². The first-order valence-electron chi connectivity index (χ1n) is 7.75. The van der Waals surface area contributed by atoms with Gasteiger partial charge in [0.05, 0.1) is 13.2 Å². The van der Waals surface area contributed by atoms with Gasteiger partial charge < -0.3 is 9.84 Å². The summed E-state index contributed by atoms with van der Waals surface area (Å²) in [5.41, 5.74) is 0. The van der Waals surface area contributed by atoms with Crippen molar-refractivity contribution >= 4 is 19.8 Å². The number of hydrogen-bond donors (Lipinski definition) is 1. The Hall–Kier alpha value is 0.550. The summed E-state index contributed by atoms with van der Waals surface area (Å²) in [6.45, 7) is 13.5. The van der Waals surface area contributed by atoms with Crippen LogP contribution >= 0.6 is 0 Å². The summed E-state index contributed by atoms with van der Waals surface area (Å²) in [6.07, 6.45) is 2.26. The van der Waals surface area contributed by atoms with Gasteiger partial charge in [-0.1, -0.05) is 13.3 Å². The first-order chi connectivity index (χ1) is 10.2. The maximum absolute atomic E-state index is 8.24. The summed E-state index contributed by atoms with van der Waals surface area (Å²) in [5, 5.41) is 8.24. The van der Waals surface area contributed by atoms with Crippen LogP contribution in [0.3, 0.4) is 0 Å². The van der Waals surface area contributed by atoms with Crippen LogP contribution in [0.25, 0.3) is 0 Å². The molecule has 0 saturated heterocycles. The van der Waals surface area contributed by atoms with Gasteiger partial charge >= 0.3 is 86.4 Å². The topological polar surface area (TPSA) is 66.4 Å². The Balaban J connectivity index is 0. The zero-order valence-electron chi connectivity index (χ0n) is 14.3. The Bertz CT molecular complexity index is 159. The van der Waals surface area contributed by atoms with Gasteiger partial charge in [-0.2, -0.15) is 0 Å². The van der Waals surface area contributed by atoms with Gasteiger partial charge in [-0.3, -0.25) is 0 Å². The van der Waals surface area contributed by atoms with E-state index in [2.05, 4.69) is 6.92 Å². The fourth-order valence-electron chi connectivity index (χ4n) is 1.19. The molecule has 0 heterocycles. The summed E-state index contributed by atoms with van der Waals surface area (Å²) in [5.74, 6) is 0. The molecule has 0 aliphatic rings. The predicted molar refractivity (Wildman–Crippen MR) is 85.1 cm³/mol. The molecule has 0 unspecified atom stereocenters. The Morgan fingerprint density at radius 3 is 1.43 bits per heavy atom. The molecule has 0 aromatic heterocycles. The van der Waals surface area contributed by atoms with Crippen LogP contribution in [0.2, 0.25) is 0 Å². The SMILES string of the molecule is CCCCOCCO.CCO[Te](OCC)(OCC)OCC. The van der Waals surface area contributed by atoms with E-state index in [-0.39, 0.29) is 6.61 Å². The van der Waals surface area contributed by atoms with Crippen molar-refractivity contribution in [3.8, 4) is 0 Å². The Morgan fingerprint density at radius 1 is 0.714 bits per heavy atom. The second-order valence-electron chi connectivity index (χ2n) is 3.72. The number of aliphatic hydroxyl groups is 1. The molecule has 7 heteroatoms. The van der Waals surface area contributed by atoms with Gasteiger partial charge in [0, 0.05) is 6.61 Å². The van der Waals surface area contributed by atoms with Crippen LogP contribution in [-0.4, -0.2) is 71.2 Å². The van der Waals surface area contributed by atoms with Gasteiger partial charge in [-0.15, -0.1) is 0 Å². The minimum absolute atomic E-state index is 0.143. The molecular weight excluding hydrogens is 392 g/mol. The molecule has 0 atom stereocenters. The van der Waals surface area contributed by atoms with Gasteiger partial charge in [0.1, 0.15) is 0 Å². The molecule has 0 radical (unpaired) electrons. The maximum atomic E-state index is 8.24. The fourth-order valence-corrected chi connectivity index (χ4v) is 5.66. The van der Waals surface area contributed by atoms with E-state index in [4.69, 9.17) is 22.2 Å². The van der Waals surface area contributed by atoms with Crippen molar-refractivity contribution in [2.75, 3.05) is 46.2 Å². The quantitative estimate of drug-likeness (QED) is 0.361. The molecule has 0 saturated carbocycles. The van der Waals surface area contributed by atoms with E-state index in [1.54, 1.807) is 0 Å². The zero-order chi connectivity index (χ0) is 16.4. The molecule has 0 bridgehead atoms. The number of aliphatic hydroxyl groups excluding tert-OH is 1. The van der Waals surface area contributed by atoms with Gasteiger partial charge in [0.15, 0.2) is 0 Å². The predicted octanol–water partition coefficient (Wildman–Crippen LogP) is 2.36. The summed E-state index contributed by atoms with van der Waals surface area (Å²) < 4.78 is 26.9. The van der Waals surface area contributed by atoms with E-state index >= 15 is 0 Å². The number of ether oxygens (including phenoxy) is 1. The summed E-state index contributed by atoms with van der Waals surface area (Å²) in [7, 11) is 0. The Morgan fingerprint density at radius 2 is 1.14 bits per heavy atom. The fraction of sp³-hybridized carbons (Fsp3) is 1.00. The molecule has 0 rings (SSSR count). The van der Waals surface area contributed by atoms with Crippen molar-refractivity contribution in [1.82, 2.24) is 0 Å². The van der Waals surface area contributed by atoms with Crippen LogP contribution in [0.15, 0.2) is 0 Å². The van der Waals surface area contributed by atoms with Crippen molar-refractivity contribution in [1.29, 1.82) is 0 Å². The van der Waals surface area contributed by atoms with Crippen LogP contribution < -0.4 is 0 Å². The molecule has 0 fully saturated rings. The van der Waals surface area contributed by atoms with Crippen LogP contribution in [0.4, 0.5) is 0 Å². The first kappa shape index (κ1) is 23.8. The average Bonchev–Trinajstić information content (AvgIpc) is 2.46. The second-order valence-corrected chi connectivity index (χ2v) is 8.75. The molecule has 6 nitrogen and oxygen atoms in total. The van der Waals surface area contributed by atoms with Crippen LogP contribution in [-0.2, 0) is 17.1 Å². The van der Waals surface area contributed by atoms with E-state index in [1.165, 1.54) is 0 Å². The molecule has 0 aliphatic heterocycles. The molecule has 0 aromatic rings. The third-order valence-electron chi connectivity index (χ3n) is 1.93. The van der Waals surface area contributed by atoms with Crippen molar-refractivity contribution in [3.05, 3.63) is 0 Å². The number of hydrogen-bond acceptors (Lipinski definition) is 6. The number of rotatable bonds is 13. The summed E-state index contributed by atoms with van der Waals surface area (Å²) >= 11 is -3.35. The monoisotopic (exact) mass is 428 g/mol. The normalized spacial score (nSPS) is 11.9. The standard InChI is InChI=1S/C8H20O4Te.C6H14O2/c1-5-9-13(10-6-2,11-7-3)12-8-4;1-2-3-5-8-6-4-7/h5-8H2,1-4H3;7H,2-6H2,1H3. The van der Waals surface area contributed by atoms with E-state index in [9.17, 15) is 0 Å². The number of unbranched alkanes of at least 4 members (excludes halogenated alkanes) is 1. The van der Waals surface area contributed by atoms with E-state index in [0.29, 0.717) is 33.0 Å². The average molecular weight is 426 g/mol. The van der Waals surface area contributed by atoms with Crippen molar-refractivity contribution < 1.29 is 22.2 Å². The summed E-state index contributed by atoms with van der Waals surface area (Å²) in [4.78, 5) is 0. The van der Waals surface area contributed by atoms with E-state index in [0.717, 1.165) is 19.4 Å². The Labute approximate surface area is 136 Å². The third kappa shape index (κ3) is 15.2. The Kier molecular flexibility index (Phi) is 21.1. The van der Waals surface area contributed by atoms with Crippen LogP contribution in [0, 0.1) is 0 Å². The molecule has 0 spiro atoms. The van der Waals surface area contributed by atoms with Gasteiger partial charge in [0.25, 0.3) is 0 Å². The van der Waals surface area contributed by atoms with E-state index < -0.39 is 19.8 Å². The van der Waals surface area contributed by atoms with Crippen molar-refractivity contribution in [2.24, 2.45) is 0 Å². The minimum atomic E-state index is -3.35. The second kappa shape index (κ2) is 18.6. The van der Waals surface area contributed by atoms with Crippen molar-refractivity contribution in [2.45, 2.75) is 47.5 Å². The molecule has 1 N–H and O–H groups in total. The molecule has 0 aromatic carbocycles. The molecule has 21 heavy (non-hydrogen) atoms. The van der Waals surface area contributed by atoms with Crippen molar-refractivity contribution in [3.63, 3.8) is 0 Å². The van der Waals surface area contributed by atoms with E-state index in [1.807, 2.05) is 27.7 Å². The first-order valence-corrected chi connectivity index (χ1v) is 11.6. The molecule has 132 valence electrons.